The van der Waals surface area contributed by atoms with Gasteiger partial charge in [-0.05, 0) is 61.6 Å². The lowest BCUT2D eigenvalue weighted by Gasteiger charge is -2.11. The summed E-state index contributed by atoms with van der Waals surface area (Å²) in [5, 5.41) is 3.53. The molecule has 0 amide bonds. The molecule has 104 valence electrons. The molecule has 20 heavy (non-hydrogen) atoms. The molecule has 0 aliphatic heterocycles. The SMILES string of the molecule is Cc1ccc(C)c(Oc2cccc(CNC3CC3)c2)c1. The van der Waals surface area contributed by atoms with Crippen LogP contribution in [0.15, 0.2) is 42.5 Å². The lowest BCUT2D eigenvalue weighted by molar-refractivity contribution is 0.477. The highest BCUT2D eigenvalue weighted by molar-refractivity contribution is 5.40. The molecular weight excluding hydrogens is 246 g/mol. The van der Waals surface area contributed by atoms with Gasteiger partial charge in [0.05, 0.1) is 0 Å². The van der Waals surface area contributed by atoms with Crippen LogP contribution >= 0.6 is 0 Å². The van der Waals surface area contributed by atoms with Crippen LogP contribution in [0.25, 0.3) is 0 Å². The zero-order valence-electron chi connectivity index (χ0n) is 12.1. The molecule has 0 radical (unpaired) electrons. The fourth-order valence-corrected chi connectivity index (χ4v) is 2.21. The van der Waals surface area contributed by atoms with Gasteiger partial charge in [0.15, 0.2) is 0 Å². The van der Waals surface area contributed by atoms with E-state index in [1.165, 1.54) is 24.0 Å². The normalized spacial score (nSPS) is 14.3. The van der Waals surface area contributed by atoms with Crippen LogP contribution in [0, 0.1) is 13.8 Å². The van der Waals surface area contributed by atoms with E-state index in [0.29, 0.717) is 0 Å². The fourth-order valence-electron chi connectivity index (χ4n) is 2.21. The minimum absolute atomic E-state index is 0.735. The summed E-state index contributed by atoms with van der Waals surface area (Å²) in [6, 6.07) is 15.4. The van der Waals surface area contributed by atoms with Crippen molar-refractivity contribution in [3.63, 3.8) is 0 Å². The van der Waals surface area contributed by atoms with Gasteiger partial charge in [-0.15, -0.1) is 0 Å². The monoisotopic (exact) mass is 267 g/mol. The summed E-state index contributed by atoms with van der Waals surface area (Å²) in [6.45, 7) is 5.09. The standard InChI is InChI=1S/C18H21NO/c1-13-6-7-14(2)18(10-13)20-17-5-3-4-15(11-17)12-19-16-8-9-16/h3-7,10-11,16,19H,8-9,12H2,1-2H3. The molecule has 1 N–H and O–H groups in total. The van der Waals surface area contributed by atoms with E-state index in [4.69, 9.17) is 4.74 Å². The quantitative estimate of drug-likeness (QED) is 0.869. The van der Waals surface area contributed by atoms with Gasteiger partial charge in [-0.2, -0.15) is 0 Å². The summed E-state index contributed by atoms with van der Waals surface area (Å²) in [7, 11) is 0. The smallest absolute Gasteiger partial charge is 0.130 e. The van der Waals surface area contributed by atoms with Crippen LogP contribution in [0.1, 0.15) is 29.5 Å². The minimum Gasteiger partial charge on any atom is -0.457 e. The molecule has 0 unspecified atom stereocenters. The number of rotatable bonds is 5. The Hall–Kier alpha value is -1.80. The lowest BCUT2D eigenvalue weighted by Crippen LogP contribution is -2.15. The Morgan fingerprint density at radius 1 is 1.10 bits per heavy atom. The van der Waals surface area contributed by atoms with Gasteiger partial charge in [0.2, 0.25) is 0 Å². The molecule has 1 saturated carbocycles. The van der Waals surface area contributed by atoms with Crippen molar-refractivity contribution in [1.82, 2.24) is 5.32 Å². The van der Waals surface area contributed by atoms with E-state index >= 15 is 0 Å². The van der Waals surface area contributed by atoms with Crippen LogP contribution in [0.2, 0.25) is 0 Å². The molecule has 0 aromatic heterocycles. The Bertz CT molecular complexity index is 602. The van der Waals surface area contributed by atoms with Crippen molar-refractivity contribution in [2.24, 2.45) is 0 Å². The molecule has 1 aliphatic rings. The largest absolute Gasteiger partial charge is 0.457 e. The highest BCUT2D eigenvalue weighted by Gasteiger charge is 2.19. The molecule has 1 fully saturated rings. The average molecular weight is 267 g/mol. The van der Waals surface area contributed by atoms with E-state index in [9.17, 15) is 0 Å². The second-order valence-electron chi connectivity index (χ2n) is 5.67. The maximum absolute atomic E-state index is 6.03. The summed E-state index contributed by atoms with van der Waals surface area (Å²) in [4.78, 5) is 0. The maximum atomic E-state index is 6.03. The van der Waals surface area contributed by atoms with Gasteiger partial charge in [0.25, 0.3) is 0 Å². The van der Waals surface area contributed by atoms with Crippen molar-refractivity contribution >= 4 is 0 Å². The summed E-state index contributed by atoms with van der Waals surface area (Å²) >= 11 is 0. The molecular formula is C18H21NO. The van der Waals surface area contributed by atoms with E-state index in [-0.39, 0.29) is 0 Å². The number of ether oxygens (including phenoxy) is 1. The van der Waals surface area contributed by atoms with Gasteiger partial charge in [-0.25, -0.2) is 0 Å². The molecule has 0 spiro atoms. The summed E-state index contributed by atoms with van der Waals surface area (Å²) < 4.78 is 6.03. The van der Waals surface area contributed by atoms with Crippen LogP contribution in [-0.2, 0) is 6.54 Å². The summed E-state index contributed by atoms with van der Waals surface area (Å²) in [5.74, 6) is 1.85. The number of hydrogen-bond acceptors (Lipinski definition) is 2. The van der Waals surface area contributed by atoms with Crippen molar-refractivity contribution in [2.75, 3.05) is 0 Å². The van der Waals surface area contributed by atoms with Crippen LogP contribution in [0.3, 0.4) is 0 Å². The number of hydrogen-bond donors (Lipinski definition) is 1. The van der Waals surface area contributed by atoms with E-state index in [1.54, 1.807) is 0 Å². The van der Waals surface area contributed by atoms with Gasteiger partial charge >= 0.3 is 0 Å². The third kappa shape index (κ3) is 3.40. The van der Waals surface area contributed by atoms with E-state index in [0.717, 1.165) is 29.6 Å². The van der Waals surface area contributed by atoms with Gasteiger partial charge in [0, 0.05) is 12.6 Å². The summed E-state index contributed by atoms with van der Waals surface area (Å²) in [6.07, 6.45) is 2.64. The molecule has 1 aliphatic carbocycles. The predicted octanol–water partition coefficient (Wildman–Crippen LogP) is 4.35. The summed E-state index contributed by atoms with van der Waals surface area (Å²) in [5.41, 5.74) is 3.66. The molecule has 2 aromatic rings. The third-order valence-corrected chi connectivity index (χ3v) is 3.64. The molecule has 0 heterocycles. The Kier molecular flexibility index (Phi) is 3.75. The highest BCUT2D eigenvalue weighted by Crippen LogP contribution is 2.27. The number of aryl methyl sites for hydroxylation is 2. The first kappa shape index (κ1) is 13.2. The Balaban J connectivity index is 1.72. The Morgan fingerprint density at radius 2 is 1.95 bits per heavy atom. The first-order valence-electron chi connectivity index (χ1n) is 7.28. The molecule has 2 aromatic carbocycles. The van der Waals surface area contributed by atoms with E-state index in [2.05, 4.69) is 55.6 Å². The van der Waals surface area contributed by atoms with Crippen molar-refractivity contribution in [2.45, 2.75) is 39.3 Å². The molecule has 2 heteroatoms. The predicted molar refractivity (Wildman–Crippen MR) is 82.3 cm³/mol. The second kappa shape index (κ2) is 5.68. The molecule has 3 rings (SSSR count). The fraction of sp³-hybridized carbons (Fsp3) is 0.333. The number of benzene rings is 2. The van der Waals surface area contributed by atoms with E-state index < -0.39 is 0 Å². The van der Waals surface area contributed by atoms with Gasteiger partial charge in [-0.3, -0.25) is 0 Å². The molecule has 0 saturated heterocycles. The van der Waals surface area contributed by atoms with Crippen molar-refractivity contribution < 1.29 is 4.74 Å². The molecule has 0 bridgehead atoms. The zero-order valence-corrected chi connectivity index (χ0v) is 12.1. The van der Waals surface area contributed by atoms with Crippen LogP contribution in [0.5, 0.6) is 11.5 Å². The minimum atomic E-state index is 0.735. The Morgan fingerprint density at radius 3 is 2.75 bits per heavy atom. The lowest BCUT2D eigenvalue weighted by atomic mass is 10.1. The van der Waals surface area contributed by atoms with E-state index in [1.807, 2.05) is 6.07 Å². The highest BCUT2D eigenvalue weighted by atomic mass is 16.5. The molecule has 0 atom stereocenters. The van der Waals surface area contributed by atoms with Crippen molar-refractivity contribution in [3.8, 4) is 11.5 Å². The first-order valence-corrected chi connectivity index (χ1v) is 7.28. The Labute approximate surface area is 120 Å². The van der Waals surface area contributed by atoms with Crippen LogP contribution in [-0.4, -0.2) is 6.04 Å². The van der Waals surface area contributed by atoms with Gasteiger partial charge in [0.1, 0.15) is 11.5 Å². The van der Waals surface area contributed by atoms with Crippen molar-refractivity contribution in [3.05, 3.63) is 59.2 Å². The van der Waals surface area contributed by atoms with Crippen LogP contribution in [0.4, 0.5) is 0 Å². The average Bonchev–Trinajstić information content (AvgIpc) is 3.25. The third-order valence-electron chi connectivity index (χ3n) is 3.64. The first-order chi connectivity index (χ1) is 9.70. The topological polar surface area (TPSA) is 21.3 Å². The molecule has 2 nitrogen and oxygen atoms in total. The maximum Gasteiger partial charge on any atom is 0.130 e. The number of nitrogens with one attached hydrogen (secondary N) is 1. The van der Waals surface area contributed by atoms with Crippen LogP contribution < -0.4 is 10.1 Å². The zero-order chi connectivity index (χ0) is 13.9. The van der Waals surface area contributed by atoms with Gasteiger partial charge < -0.3 is 10.1 Å². The van der Waals surface area contributed by atoms with Crippen molar-refractivity contribution in [1.29, 1.82) is 0 Å². The second-order valence-corrected chi connectivity index (χ2v) is 5.67. The van der Waals surface area contributed by atoms with Gasteiger partial charge in [-0.1, -0.05) is 24.3 Å².